The lowest BCUT2D eigenvalue weighted by molar-refractivity contribution is 0.100. The van der Waals surface area contributed by atoms with Crippen LogP contribution in [0.3, 0.4) is 0 Å². The summed E-state index contributed by atoms with van der Waals surface area (Å²) in [6.45, 7) is 0. The molecule has 1 heterocycles. The molecule has 0 spiro atoms. The number of primary amides is 1. The third kappa shape index (κ3) is 2.05. The van der Waals surface area contributed by atoms with E-state index in [4.69, 9.17) is 11.5 Å². The molecule has 0 fully saturated rings. The van der Waals surface area contributed by atoms with Gasteiger partial charge >= 0.3 is 0 Å². The Bertz CT molecular complexity index is 504. The first-order valence-electron chi connectivity index (χ1n) is 3.89. The number of thiophene rings is 1. The number of nitrogens with one attached hydrogen (secondary N) is 1. The van der Waals surface area contributed by atoms with Crippen molar-refractivity contribution in [1.82, 2.24) is 0 Å². The molecule has 0 aliphatic carbocycles. The Hall–Kier alpha value is -1.28. The zero-order valence-corrected chi connectivity index (χ0v) is 9.83. The second-order valence-electron chi connectivity index (χ2n) is 2.89. The third-order valence-electron chi connectivity index (χ3n) is 1.72. The van der Waals surface area contributed by atoms with Gasteiger partial charge in [0.1, 0.15) is 14.8 Å². The van der Waals surface area contributed by atoms with E-state index in [0.717, 1.165) is 17.6 Å². The highest BCUT2D eigenvalue weighted by molar-refractivity contribution is 7.91. The largest absolute Gasteiger partial charge is 0.396 e. The Kier molecular flexibility index (Phi) is 2.91. The standard InChI is InChI=1S/C7H11N3O3S2/c1-10-7-5(15(2,12)13)3(8)4(14-7)6(9)11/h10H,8H2,1-2H3,(H2,9,11). The molecule has 0 atom stereocenters. The fraction of sp³-hybridized carbons (Fsp3) is 0.286. The molecule has 0 saturated heterocycles. The SMILES string of the molecule is CNc1sc(C(N)=O)c(N)c1S(C)(=O)=O. The van der Waals surface area contributed by atoms with Crippen LogP contribution in [0.25, 0.3) is 0 Å². The van der Waals surface area contributed by atoms with Crippen molar-refractivity contribution < 1.29 is 13.2 Å². The van der Waals surface area contributed by atoms with Crippen LogP contribution < -0.4 is 16.8 Å². The fourth-order valence-electron chi connectivity index (χ4n) is 1.14. The van der Waals surface area contributed by atoms with E-state index >= 15 is 0 Å². The van der Waals surface area contributed by atoms with Crippen molar-refractivity contribution in [2.45, 2.75) is 4.90 Å². The van der Waals surface area contributed by atoms with Crippen molar-refractivity contribution in [2.24, 2.45) is 5.73 Å². The third-order valence-corrected chi connectivity index (χ3v) is 4.25. The van der Waals surface area contributed by atoms with Crippen molar-refractivity contribution in [3.8, 4) is 0 Å². The second-order valence-corrected chi connectivity index (χ2v) is 5.86. The molecular formula is C7H11N3O3S2. The minimum atomic E-state index is -3.47. The molecule has 84 valence electrons. The number of amides is 1. The highest BCUT2D eigenvalue weighted by atomic mass is 32.2. The average molecular weight is 249 g/mol. The molecule has 1 rings (SSSR count). The normalized spacial score (nSPS) is 11.3. The fourth-order valence-corrected chi connectivity index (χ4v) is 3.55. The summed E-state index contributed by atoms with van der Waals surface area (Å²) in [6, 6.07) is 0. The van der Waals surface area contributed by atoms with Gasteiger partial charge in [-0.05, 0) is 0 Å². The van der Waals surface area contributed by atoms with Gasteiger partial charge < -0.3 is 16.8 Å². The lowest BCUT2D eigenvalue weighted by Gasteiger charge is -2.00. The number of sulfone groups is 1. The molecule has 6 nitrogen and oxygen atoms in total. The van der Waals surface area contributed by atoms with Gasteiger partial charge in [-0.2, -0.15) is 0 Å². The summed E-state index contributed by atoms with van der Waals surface area (Å²) in [5, 5.41) is 2.99. The Morgan fingerprint density at radius 3 is 2.27 bits per heavy atom. The first kappa shape index (κ1) is 11.8. The molecule has 0 aliphatic rings. The molecule has 0 aliphatic heterocycles. The molecule has 15 heavy (non-hydrogen) atoms. The smallest absolute Gasteiger partial charge is 0.261 e. The van der Waals surface area contributed by atoms with E-state index in [1.54, 1.807) is 7.05 Å². The van der Waals surface area contributed by atoms with Crippen molar-refractivity contribution in [1.29, 1.82) is 0 Å². The summed E-state index contributed by atoms with van der Waals surface area (Å²) in [5.41, 5.74) is 10.5. The van der Waals surface area contributed by atoms with Gasteiger partial charge in [-0.1, -0.05) is 0 Å². The summed E-state index contributed by atoms with van der Waals surface area (Å²) in [7, 11) is -1.93. The lowest BCUT2D eigenvalue weighted by Crippen LogP contribution is -2.12. The number of rotatable bonds is 3. The van der Waals surface area contributed by atoms with Crippen LogP contribution in [0.15, 0.2) is 4.90 Å². The van der Waals surface area contributed by atoms with Crippen molar-refractivity contribution in [2.75, 3.05) is 24.4 Å². The zero-order valence-electron chi connectivity index (χ0n) is 8.20. The number of nitrogen functional groups attached to an aromatic ring is 1. The molecule has 0 saturated carbocycles. The van der Waals surface area contributed by atoms with Gasteiger partial charge in [0, 0.05) is 13.3 Å². The maximum atomic E-state index is 11.4. The minimum Gasteiger partial charge on any atom is -0.396 e. The van der Waals surface area contributed by atoms with Gasteiger partial charge in [0.25, 0.3) is 5.91 Å². The quantitative estimate of drug-likeness (QED) is 0.690. The first-order valence-corrected chi connectivity index (χ1v) is 6.59. The number of carbonyl (C=O) groups excluding carboxylic acids is 1. The molecule has 8 heteroatoms. The minimum absolute atomic E-state index is 0.0553. The molecule has 0 bridgehead atoms. The van der Waals surface area contributed by atoms with E-state index < -0.39 is 15.7 Å². The molecular weight excluding hydrogens is 238 g/mol. The molecule has 1 aromatic heterocycles. The van der Waals surface area contributed by atoms with E-state index in [1.807, 2.05) is 0 Å². The number of nitrogens with two attached hydrogens (primary N) is 2. The number of hydrogen-bond donors (Lipinski definition) is 3. The monoisotopic (exact) mass is 249 g/mol. The molecule has 5 N–H and O–H groups in total. The molecule has 0 aromatic carbocycles. The van der Waals surface area contributed by atoms with E-state index in [9.17, 15) is 13.2 Å². The van der Waals surface area contributed by atoms with Crippen molar-refractivity contribution in [3.05, 3.63) is 4.88 Å². The van der Waals surface area contributed by atoms with Crippen LogP contribution in [0.5, 0.6) is 0 Å². The number of anilines is 2. The topological polar surface area (TPSA) is 115 Å². The Labute approximate surface area is 91.2 Å². The summed E-state index contributed by atoms with van der Waals surface area (Å²) in [4.78, 5) is 10.9. The second kappa shape index (κ2) is 3.70. The molecule has 0 unspecified atom stereocenters. The molecule has 1 amide bonds. The molecule has 0 radical (unpaired) electrons. The Morgan fingerprint density at radius 1 is 1.47 bits per heavy atom. The Morgan fingerprint density at radius 2 is 2.00 bits per heavy atom. The van der Waals surface area contributed by atoms with Gasteiger partial charge in [0.2, 0.25) is 0 Å². The predicted octanol–water partition coefficient (Wildman–Crippen LogP) is -0.126. The predicted molar refractivity (Wildman–Crippen MR) is 59.9 cm³/mol. The van der Waals surface area contributed by atoms with Gasteiger partial charge in [0.15, 0.2) is 9.84 Å². The zero-order chi connectivity index (χ0) is 11.8. The maximum absolute atomic E-state index is 11.4. The van der Waals surface area contributed by atoms with Crippen LogP contribution in [0.2, 0.25) is 0 Å². The lowest BCUT2D eigenvalue weighted by atomic mass is 10.4. The molecule has 1 aromatic rings. The highest BCUT2D eigenvalue weighted by Crippen LogP contribution is 2.38. The number of carbonyl (C=O) groups is 1. The van der Waals surface area contributed by atoms with Crippen LogP contribution in [0, 0.1) is 0 Å². The van der Waals surface area contributed by atoms with Crippen LogP contribution in [0.1, 0.15) is 9.67 Å². The van der Waals surface area contributed by atoms with E-state index in [0.29, 0.717) is 5.00 Å². The van der Waals surface area contributed by atoms with Gasteiger partial charge in [0.05, 0.1) is 5.69 Å². The van der Waals surface area contributed by atoms with Crippen LogP contribution in [-0.4, -0.2) is 27.6 Å². The van der Waals surface area contributed by atoms with Gasteiger partial charge in [-0.15, -0.1) is 11.3 Å². The maximum Gasteiger partial charge on any atom is 0.261 e. The number of hydrogen-bond acceptors (Lipinski definition) is 6. The van der Waals surface area contributed by atoms with Crippen LogP contribution >= 0.6 is 11.3 Å². The van der Waals surface area contributed by atoms with E-state index in [1.165, 1.54) is 0 Å². The van der Waals surface area contributed by atoms with Crippen LogP contribution in [0.4, 0.5) is 10.7 Å². The summed E-state index contributed by atoms with van der Waals surface area (Å²) in [6.07, 6.45) is 1.02. The van der Waals surface area contributed by atoms with Gasteiger partial charge in [-0.3, -0.25) is 4.79 Å². The Balaban J connectivity index is 3.58. The average Bonchev–Trinajstić information content (AvgIpc) is 2.41. The van der Waals surface area contributed by atoms with Crippen molar-refractivity contribution in [3.63, 3.8) is 0 Å². The summed E-state index contributed by atoms with van der Waals surface area (Å²) in [5.74, 6) is -0.732. The summed E-state index contributed by atoms with van der Waals surface area (Å²) < 4.78 is 22.8. The highest BCUT2D eigenvalue weighted by Gasteiger charge is 2.25. The van der Waals surface area contributed by atoms with E-state index in [-0.39, 0.29) is 15.5 Å². The van der Waals surface area contributed by atoms with E-state index in [2.05, 4.69) is 5.32 Å². The first-order chi connectivity index (χ1) is 6.79. The van der Waals surface area contributed by atoms with Gasteiger partial charge in [-0.25, -0.2) is 8.42 Å². The van der Waals surface area contributed by atoms with Crippen molar-refractivity contribution >= 4 is 37.8 Å². The van der Waals surface area contributed by atoms with Crippen LogP contribution in [-0.2, 0) is 9.84 Å². The summed E-state index contributed by atoms with van der Waals surface area (Å²) >= 11 is 0.931.